The van der Waals surface area contributed by atoms with Gasteiger partial charge in [-0.15, -0.1) is 0 Å². The summed E-state index contributed by atoms with van der Waals surface area (Å²) in [6, 6.07) is 21.7. The van der Waals surface area contributed by atoms with Crippen molar-refractivity contribution in [2.24, 2.45) is 0 Å². The average Bonchev–Trinajstić information content (AvgIpc) is 2.39. The molecule has 0 bridgehead atoms. The third-order valence-electron chi connectivity index (χ3n) is 3.09. The molecule has 2 aromatic rings. The Hall–Kier alpha value is -1.60. The molecule has 0 heterocycles. The van der Waals surface area contributed by atoms with E-state index < -0.39 is 0 Å². The average molecular weight is 253 g/mol. The Morgan fingerprint density at radius 2 is 1.37 bits per heavy atom. The molecular formula is C18H23N. The van der Waals surface area contributed by atoms with Crippen molar-refractivity contribution in [1.82, 2.24) is 5.32 Å². The molecule has 19 heavy (non-hydrogen) atoms. The van der Waals surface area contributed by atoms with Crippen molar-refractivity contribution in [3.8, 4) is 0 Å². The molecule has 0 aliphatic heterocycles. The zero-order valence-electron chi connectivity index (χ0n) is 12.1. The van der Waals surface area contributed by atoms with Crippen molar-refractivity contribution in [1.29, 1.82) is 0 Å². The molecule has 100 valence electrons. The first-order valence-corrected chi connectivity index (χ1v) is 6.91. The number of hydrogen-bond acceptors (Lipinski definition) is 1. The number of hydrogen-bond donors (Lipinski definition) is 1. The van der Waals surface area contributed by atoms with Gasteiger partial charge in [-0.3, -0.25) is 0 Å². The minimum absolute atomic E-state index is 0.106. The Morgan fingerprint density at radius 1 is 0.842 bits per heavy atom. The monoisotopic (exact) mass is 253 g/mol. The minimum atomic E-state index is 0.106. The van der Waals surface area contributed by atoms with Crippen molar-refractivity contribution in [2.45, 2.75) is 38.8 Å². The van der Waals surface area contributed by atoms with Gasteiger partial charge in [0.05, 0.1) is 0 Å². The zero-order chi connectivity index (χ0) is 13.7. The maximum absolute atomic E-state index is 3.72. The second-order valence-electron chi connectivity index (χ2n) is 6.05. The van der Waals surface area contributed by atoms with Crippen LogP contribution in [0.3, 0.4) is 0 Å². The summed E-state index contributed by atoms with van der Waals surface area (Å²) in [6.07, 6.45) is 1.02. The molecule has 0 aliphatic rings. The molecule has 1 nitrogen and oxygen atoms in total. The van der Waals surface area contributed by atoms with Gasteiger partial charge >= 0.3 is 0 Å². The molecule has 1 N–H and O–H groups in total. The molecule has 0 radical (unpaired) electrons. The van der Waals surface area contributed by atoms with Gasteiger partial charge in [0.1, 0.15) is 0 Å². The summed E-state index contributed by atoms with van der Waals surface area (Å²) in [5.74, 6) is 0. The first-order valence-electron chi connectivity index (χ1n) is 6.91. The number of benzene rings is 2. The Bertz CT molecular complexity index is 482. The van der Waals surface area contributed by atoms with Crippen LogP contribution in [0, 0.1) is 0 Å². The van der Waals surface area contributed by atoms with Crippen LogP contribution in [0.15, 0.2) is 60.7 Å². The summed E-state index contributed by atoms with van der Waals surface area (Å²) in [5, 5.41) is 3.72. The fourth-order valence-corrected chi connectivity index (χ4v) is 2.31. The molecule has 2 aromatic carbocycles. The predicted octanol–water partition coefficient (Wildman–Crippen LogP) is 4.36. The maximum Gasteiger partial charge on any atom is 0.0365 e. The highest BCUT2D eigenvalue weighted by atomic mass is 15.0. The van der Waals surface area contributed by atoms with Gasteiger partial charge in [0.2, 0.25) is 0 Å². The van der Waals surface area contributed by atoms with Gasteiger partial charge in [0.25, 0.3) is 0 Å². The molecule has 0 aliphatic carbocycles. The highest BCUT2D eigenvalue weighted by molar-refractivity contribution is 5.24. The Balaban J connectivity index is 2.20. The van der Waals surface area contributed by atoms with Gasteiger partial charge in [-0.25, -0.2) is 0 Å². The van der Waals surface area contributed by atoms with Crippen LogP contribution in [0.4, 0.5) is 0 Å². The second-order valence-corrected chi connectivity index (χ2v) is 6.05. The number of nitrogens with one attached hydrogen (secondary N) is 1. The lowest BCUT2D eigenvalue weighted by Crippen LogP contribution is -2.39. The van der Waals surface area contributed by atoms with E-state index in [0.717, 1.165) is 6.42 Å². The van der Waals surface area contributed by atoms with Gasteiger partial charge in [-0.1, -0.05) is 60.7 Å². The highest BCUT2D eigenvalue weighted by Crippen LogP contribution is 2.21. The molecule has 1 atom stereocenters. The molecule has 2 rings (SSSR count). The maximum atomic E-state index is 3.72. The second kappa shape index (κ2) is 6.03. The molecular weight excluding hydrogens is 230 g/mol. The smallest absolute Gasteiger partial charge is 0.0365 e. The first-order chi connectivity index (χ1) is 9.04. The molecule has 0 saturated carbocycles. The lowest BCUT2D eigenvalue weighted by Gasteiger charge is -2.29. The van der Waals surface area contributed by atoms with Crippen LogP contribution < -0.4 is 5.32 Å². The van der Waals surface area contributed by atoms with Crippen LogP contribution >= 0.6 is 0 Å². The van der Waals surface area contributed by atoms with Gasteiger partial charge in [-0.05, 0) is 38.3 Å². The van der Waals surface area contributed by atoms with E-state index in [0.29, 0.717) is 6.04 Å². The van der Waals surface area contributed by atoms with Crippen molar-refractivity contribution >= 4 is 0 Å². The van der Waals surface area contributed by atoms with Crippen molar-refractivity contribution in [3.63, 3.8) is 0 Å². The summed E-state index contributed by atoms with van der Waals surface area (Å²) in [5.41, 5.74) is 2.82. The summed E-state index contributed by atoms with van der Waals surface area (Å²) in [7, 11) is 0. The van der Waals surface area contributed by atoms with Crippen molar-refractivity contribution in [2.75, 3.05) is 0 Å². The topological polar surface area (TPSA) is 12.0 Å². The Labute approximate surface area is 116 Å². The highest BCUT2D eigenvalue weighted by Gasteiger charge is 2.18. The third kappa shape index (κ3) is 4.53. The van der Waals surface area contributed by atoms with E-state index in [1.807, 2.05) is 0 Å². The summed E-state index contributed by atoms with van der Waals surface area (Å²) >= 11 is 0. The lowest BCUT2D eigenvalue weighted by molar-refractivity contribution is 0.361. The first kappa shape index (κ1) is 13.8. The minimum Gasteiger partial charge on any atom is -0.305 e. The van der Waals surface area contributed by atoms with Gasteiger partial charge in [-0.2, -0.15) is 0 Å². The van der Waals surface area contributed by atoms with Gasteiger partial charge < -0.3 is 5.32 Å². The Morgan fingerprint density at radius 3 is 1.89 bits per heavy atom. The van der Waals surface area contributed by atoms with E-state index in [9.17, 15) is 0 Å². The molecule has 1 unspecified atom stereocenters. The zero-order valence-corrected chi connectivity index (χ0v) is 12.1. The van der Waals surface area contributed by atoms with E-state index in [2.05, 4.69) is 86.8 Å². The van der Waals surface area contributed by atoms with E-state index in [1.54, 1.807) is 0 Å². The molecule has 0 saturated heterocycles. The van der Waals surface area contributed by atoms with Crippen molar-refractivity contribution in [3.05, 3.63) is 71.8 Å². The predicted molar refractivity (Wildman–Crippen MR) is 82.2 cm³/mol. The van der Waals surface area contributed by atoms with Crippen LogP contribution in [0.2, 0.25) is 0 Å². The quantitative estimate of drug-likeness (QED) is 0.853. The third-order valence-corrected chi connectivity index (χ3v) is 3.09. The van der Waals surface area contributed by atoms with E-state index >= 15 is 0 Å². The SMILES string of the molecule is CC(C)(C)NC(Cc1ccccc1)c1ccccc1. The van der Waals surface area contributed by atoms with Gasteiger partial charge in [0, 0.05) is 11.6 Å². The largest absolute Gasteiger partial charge is 0.305 e. The van der Waals surface area contributed by atoms with Crippen LogP contribution in [0.5, 0.6) is 0 Å². The molecule has 0 spiro atoms. The fourth-order valence-electron chi connectivity index (χ4n) is 2.31. The van der Waals surface area contributed by atoms with Crippen LogP contribution in [-0.4, -0.2) is 5.54 Å². The van der Waals surface area contributed by atoms with E-state index in [4.69, 9.17) is 0 Å². The lowest BCUT2D eigenvalue weighted by atomic mass is 9.96. The van der Waals surface area contributed by atoms with E-state index in [-0.39, 0.29) is 5.54 Å². The normalized spacial score (nSPS) is 13.2. The molecule has 0 aromatic heterocycles. The van der Waals surface area contributed by atoms with Crippen LogP contribution in [-0.2, 0) is 6.42 Å². The standard InChI is InChI=1S/C18H23N/c1-18(2,3)19-17(16-12-8-5-9-13-16)14-15-10-6-4-7-11-15/h4-13,17,19H,14H2,1-3H3. The summed E-state index contributed by atoms with van der Waals surface area (Å²) < 4.78 is 0. The molecule has 0 fully saturated rings. The molecule has 1 heteroatoms. The summed E-state index contributed by atoms with van der Waals surface area (Å²) in [4.78, 5) is 0. The summed E-state index contributed by atoms with van der Waals surface area (Å²) in [6.45, 7) is 6.65. The Kier molecular flexibility index (Phi) is 4.39. The molecule has 0 amide bonds. The van der Waals surface area contributed by atoms with E-state index in [1.165, 1.54) is 11.1 Å². The van der Waals surface area contributed by atoms with Crippen LogP contribution in [0.1, 0.15) is 37.9 Å². The fraction of sp³-hybridized carbons (Fsp3) is 0.333. The van der Waals surface area contributed by atoms with Crippen molar-refractivity contribution < 1.29 is 0 Å². The number of rotatable bonds is 4. The van der Waals surface area contributed by atoms with Crippen LogP contribution in [0.25, 0.3) is 0 Å². The van der Waals surface area contributed by atoms with Gasteiger partial charge in [0.15, 0.2) is 0 Å².